The lowest BCUT2D eigenvalue weighted by Gasteiger charge is -2.40. The summed E-state index contributed by atoms with van der Waals surface area (Å²) in [5.74, 6) is 0.0245. The fourth-order valence-electron chi connectivity index (χ4n) is 6.24. The van der Waals surface area contributed by atoms with E-state index in [2.05, 4.69) is 5.32 Å². The van der Waals surface area contributed by atoms with Crippen LogP contribution in [-0.4, -0.2) is 15.1 Å². The Bertz CT molecular complexity index is 1630. The molecule has 4 aromatic rings. The van der Waals surface area contributed by atoms with Crippen LogP contribution in [0.4, 0.5) is 11.4 Å². The van der Waals surface area contributed by atoms with Crippen LogP contribution >= 0.6 is 0 Å². The Hall–Kier alpha value is -4.20. The first-order valence-corrected chi connectivity index (χ1v) is 12.2. The Kier molecular flexibility index (Phi) is 4.80. The van der Waals surface area contributed by atoms with Gasteiger partial charge < -0.3 is 15.5 Å². The summed E-state index contributed by atoms with van der Waals surface area (Å²) in [7, 11) is 0. The molecule has 1 aliphatic carbocycles. The number of hydrogen-bond donors (Lipinski definition) is 3. The second-order valence-corrected chi connectivity index (χ2v) is 10.2. The van der Waals surface area contributed by atoms with Crippen LogP contribution in [0.3, 0.4) is 0 Å². The van der Waals surface area contributed by atoms with Crippen molar-refractivity contribution in [3.05, 3.63) is 128 Å². The van der Waals surface area contributed by atoms with Gasteiger partial charge in [-0.05, 0) is 85.0 Å². The highest BCUT2D eigenvalue weighted by molar-refractivity contribution is 5.96. The van der Waals surface area contributed by atoms with Crippen LogP contribution in [0.25, 0.3) is 10.8 Å². The van der Waals surface area contributed by atoms with Crippen molar-refractivity contribution in [2.45, 2.75) is 39.0 Å². The van der Waals surface area contributed by atoms with E-state index in [4.69, 9.17) is 0 Å². The molecule has 2 aliphatic rings. The van der Waals surface area contributed by atoms with Gasteiger partial charge in [0.25, 0.3) is 0 Å². The van der Waals surface area contributed by atoms with Crippen LogP contribution in [0.1, 0.15) is 33.4 Å². The Morgan fingerprint density at radius 3 is 1.92 bits per heavy atom. The Morgan fingerprint density at radius 2 is 1.35 bits per heavy atom. The van der Waals surface area contributed by atoms with Crippen molar-refractivity contribution in [2.75, 3.05) is 10.2 Å². The molecule has 4 aromatic carbocycles. The van der Waals surface area contributed by atoms with Gasteiger partial charge in [0.15, 0.2) is 5.82 Å². The second kappa shape index (κ2) is 7.65. The van der Waals surface area contributed by atoms with Gasteiger partial charge in [0.05, 0.1) is 4.92 Å². The SMILES string of the molecule is Cc1cc(C)cc(NC2=C([N+](=O)[O-])[C@@]3(O)c4cccc5cccc(c45)[C@@]3(O)N2c2cc(C)cc(C)c2)c1. The summed E-state index contributed by atoms with van der Waals surface area (Å²) < 4.78 is 0. The fraction of sp³-hybridized carbons (Fsp3) is 0.200. The van der Waals surface area contributed by atoms with Crippen molar-refractivity contribution in [3.63, 3.8) is 0 Å². The van der Waals surface area contributed by atoms with Crippen LogP contribution < -0.4 is 10.2 Å². The highest BCUT2D eigenvalue weighted by atomic mass is 16.6. The highest BCUT2D eigenvalue weighted by Crippen LogP contribution is 2.63. The first-order valence-electron chi connectivity index (χ1n) is 12.2. The van der Waals surface area contributed by atoms with E-state index in [-0.39, 0.29) is 5.82 Å². The number of anilines is 2. The number of nitro groups is 1. The zero-order valence-electron chi connectivity index (χ0n) is 21.0. The van der Waals surface area contributed by atoms with Crippen LogP contribution in [-0.2, 0) is 11.3 Å². The molecule has 6 rings (SSSR count). The zero-order valence-corrected chi connectivity index (χ0v) is 21.0. The van der Waals surface area contributed by atoms with E-state index in [0.29, 0.717) is 27.9 Å². The summed E-state index contributed by atoms with van der Waals surface area (Å²) in [5, 5.41) is 42.6. The van der Waals surface area contributed by atoms with Gasteiger partial charge in [-0.3, -0.25) is 15.0 Å². The molecule has 0 bridgehead atoms. The van der Waals surface area contributed by atoms with Gasteiger partial charge in [-0.1, -0.05) is 48.5 Å². The lowest BCUT2D eigenvalue weighted by atomic mass is 9.86. The van der Waals surface area contributed by atoms with Gasteiger partial charge >= 0.3 is 5.70 Å². The van der Waals surface area contributed by atoms with Crippen molar-refractivity contribution in [1.82, 2.24) is 0 Å². The summed E-state index contributed by atoms with van der Waals surface area (Å²) in [4.78, 5) is 13.7. The molecule has 7 heteroatoms. The maximum absolute atomic E-state index is 12.8. The molecule has 0 amide bonds. The number of benzene rings is 4. The first-order chi connectivity index (χ1) is 17.6. The summed E-state index contributed by atoms with van der Waals surface area (Å²) in [6, 6.07) is 22.2. The molecule has 0 radical (unpaired) electrons. The standard InChI is InChI=1S/C30H27N3O4/c1-17-11-18(2)14-22(13-17)31-28-27(33(36)37)29(34)24-9-5-7-21-8-6-10-25(26(21)24)30(29,35)32(28)23-15-19(3)12-20(4)16-23/h5-16,31,34-35H,1-4H3/t29-,30-/m0/s1. The Morgan fingerprint density at radius 1 is 0.811 bits per heavy atom. The van der Waals surface area contributed by atoms with Gasteiger partial charge in [0, 0.05) is 22.5 Å². The Labute approximate surface area is 214 Å². The molecular weight excluding hydrogens is 466 g/mol. The van der Waals surface area contributed by atoms with Crippen molar-refractivity contribution in [3.8, 4) is 0 Å². The molecular formula is C30H27N3O4. The molecule has 1 aliphatic heterocycles. The largest absolute Gasteiger partial charge is 0.370 e. The zero-order chi connectivity index (χ0) is 26.3. The molecule has 0 unspecified atom stereocenters. The number of rotatable bonds is 4. The predicted octanol–water partition coefficient (Wildman–Crippen LogP) is 5.50. The van der Waals surface area contributed by atoms with Crippen molar-refractivity contribution in [1.29, 1.82) is 0 Å². The molecule has 0 saturated carbocycles. The quantitative estimate of drug-likeness (QED) is 0.257. The predicted molar refractivity (Wildman–Crippen MR) is 144 cm³/mol. The van der Waals surface area contributed by atoms with Gasteiger partial charge in [-0.2, -0.15) is 0 Å². The average molecular weight is 494 g/mol. The molecule has 7 nitrogen and oxygen atoms in total. The molecule has 0 saturated heterocycles. The highest BCUT2D eigenvalue weighted by Gasteiger charge is 2.74. The second-order valence-electron chi connectivity index (χ2n) is 10.2. The number of aliphatic hydroxyl groups is 2. The van der Waals surface area contributed by atoms with Crippen molar-refractivity contribution >= 4 is 22.1 Å². The van der Waals surface area contributed by atoms with Crippen LogP contribution in [0.5, 0.6) is 0 Å². The minimum Gasteiger partial charge on any atom is -0.370 e. The monoisotopic (exact) mass is 493 g/mol. The molecule has 186 valence electrons. The van der Waals surface area contributed by atoms with E-state index in [1.807, 2.05) is 76.2 Å². The van der Waals surface area contributed by atoms with Crippen molar-refractivity contribution < 1.29 is 15.1 Å². The summed E-state index contributed by atoms with van der Waals surface area (Å²) in [6.45, 7) is 7.76. The number of hydrogen-bond acceptors (Lipinski definition) is 6. The molecule has 37 heavy (non-hydrogen) atoms. The minimum atomic E-state index is -2.33. The summed E-state index contributed by atoms with van der Waals surface area (Å²) in [5.41, 5.74) is 0.693. The number of nitrogens with one attached hydrogen (secondary N) is 1. The van der Waals surface area contributed by atoms with E-state index >= 15 is 0 Å². The van der Waals surface area contributed by atoms with Gasteiger partial charge in [0.2, 0.25) is 11.3 Å². The lowest BCUT2D eigenvalue weighted by Crippen LogP contribution is -2.54. The summed E-state index contributed by atoms with van der Waals surface area (Å²) >= 11 is 0. The summed E-state index contributed by atoms with van der Waals surface area (Å²) in [6.07, 6.45) is 0. The smallest absolute Gasteiger partial charge is 0.328 e. The normalized spacial score (nSPS) is 22.1. The first kappa shape index (κ1) is 23.2. The van der Waals surface area contributed by atoms with Gasteiger partial charge in [-0.25, -0.2) is 0 Å². The fourth-order valence-corrected chi connectivity index (χ4v) is 6.24. The van der Waals surface area contributed by atoms with Crippen LogP contribution in [0.2, 0.25) is 0 Å². The maximum atomic E-state index is 12.8. The molecule has 0 fully saturated rings. The van der Waals surface area contributed by atoms with Crippen LogP contribution in [0, 0.1) is 37.8 Å². The minimum absolute atomic E-state index is 0.0245. The third-order valence-corrected chi connectivity index (χ3v) is 7.42. The molecule has 1 heterocycles. The lowest BCUT2D eigenvalue weighted by molar-refractivity contribution is -0.451. The van der Waals surface area contributed by atoms with E-state index in [1.165, 1.54) is 4.90 Å². The van der Waals surface area contributed by atoms with E-state index in [9.17, 15) is 20.3 Å². The molecule has 0 aromatic heterocycles. The maximum Gasteiger partial charge on any atom is 0.328 e. The Balaban J connectivity index is 1.73. The average Bonchev–Trinajstić information content (AvgIpc) is 3.12. The number of aryl methyl sites for hydroxylation is 4. The van der Waals surface area contributed by atoms with E-state index in [0.717, 1.165) is 27.6 Å². The number of fused-ring (bicyclic) bond motifs is 3. The molecule has 3 N–H and O–H groups in total. The van der Waals surface area contributed by atoms with E-state index < -0.39 is 21.9 Å². The van der Waals surface area contributed by atoms with Crippen molar-refractivity contribution in [2.24, 2.45) is 0 Å². The van der Waals surface area contributed by atoms with E-state index in [1.54, 1.807) is 24.3 Å². The van der Waals surface area contributed by atoms with Gasteiger partial charge in [-0.15, -0.1) is 0 Å². The molecule has 0 spiro atoms. The third kappa shape index (κ3) is 3.01. The number of nitrogens with zero attached hydrogens (tertiary/aromatic N) is 2. The van der Waals surface area contributed by atoms with Crippen LogP contribution in [0.15, 0.2) is 84.3 Å². The molecule has 2 atom stereocenters. The van der Waals surface area contributed by atoms with Gasteiger partial charge in [0.1, 0.15) is 0 Å². The topological polar surface area (TPSA) is 98.9 Å². The third-order valence-electron chi connectivity index (χ3n) is 7.42.